The molecule has 0 saturated carbocycles. The predicted octanol–water partition coefficient (Wildman–Crippen LogP) is 0.935. The molecule has 0 atom stereocenters. The number of hydrogen-bond donors (Lipinski definition) is 2. The van der Waals surface area contributed by atoms with E-state index in [1.807, 2.05) is 24.3 Å². The van der Waals surface area contributed by atoms with E-state index < -0.39 is 16.0 Å². The Balaban J connectivity index is 1.90. The number of benzene rings is 1. The summed E-state index contributed by atoms with van der Waals surface area (Å²) in [7, 11) is -3.54. The van der Waals surface area contributed by atoms with E-state index in [0.717, 1.165) is 11.0 Å². The van der Waals surface area contributed by atoms with Crippen LogP contribution in [0.2, 0.25) is 0 Å². The van der Waals surface area contributed by atoms with Crippen molar-refractivity contribution in [2.45, 2.75) is 19.9 Å². The summed E-state index contributed by atoms with van der Waals surface area (Å²) in [6, 6.07) is 7.43. The first-order valence-corrected chi connectivity index (χ1v) is 8.22. The van der Waals surface area contributed by atoms with Crippen LogP contribution in [0.5, 0.6) is 0 Å². The monoisotopic (exact) mass is 311 g/mol. The van der Waals surface area contributed by atoms with E-state index in [0.29, 0.717) is 5.82 Å². The fourth-order valence-electron chi connectivity index (χ4n) is 1.79. The van der Waals surface area contributed by atoms with Gasteiger partial charge >= 0.3 is 5.97 Å². The Bertz CT molecular complexity index is 691. The zero-order valence-electron chi connectivity index (χ0n) is 11.6. The van der Waals surface area contributed by atoms with Crippen molar-refractivity contribution in [1.29, 1.82) is 0 Å². The third kappa shape index (κ3) is 4.54. The maximum Gasteiger partial charge on any atom is 0.306 e. The van der Waals surface area contributed by atoms with Gasteiger partial charge in [-0.1, -0.05) is 12.1 Å². The molecular formula is C13H17N3O4S. The number of hydrogen-bond acceptors (Lipinski definition) is 5. The van der Waals surface area contributed by atoms with Crippen LogP contribution in [0.3, 0.4) is 0 Å². The Hall–Kier alpha value is -1.93. The molecule has 1 aromatic heterocycles. The van der Waals surface area contributed by atoms with Crippen molar-refractivity contribution in [3.05, 3.63) is 30.1 Å². The maximum atomic E-state index is 11.8. The lowest BCUT2D eigenvalue weighted by Gasteiger charge is -2.05. The number of carbonyl (C=O) groups excluding carboxylic acids is 1. The Kier molecular flexibility index (Phi) is 4.92. The van der Waals surface area contributed by atoms with E-state index in [1.165, 1.54) is 0 Å². The Labute approximate surface area is 122 Å². The lowest BCUT2D eigenvalue weighted by Crippen LogP contribution is -2.27. The molecule has 1 aromatic carbocycles. The molecule has 0 spiro atoms. The number of aromatic amines is 1. The number of ether oxygens (including phenoxy) is 1. The molecule has 0 saturated heterocycles. The van der Waals surface area contributed by atoms with Crippen LogP contribution in [0, 0.1) is 0 Å². The smallest absolute Gasteiger partial charge is 0.306 e. The summed E-state index contributed by atoms with van der Waals surface area (Å²) >= 11 is 0. The first-order valence-electron chi connectivity index (χ1n) is 6.57. The van der Waals surface area contributed by atoms with Gasteiger partial charge in [0.15, 0.2) is 0 Å². The molecule has 21 heavy (non-hydrogen) atoms. The molecule has 1 heterocycles. The van der Waals surface area contributed by atoms with Gasteiger partial charge in [0, 0.05) is 0 Å². The minimum absolute atomic E-state index is 0.0554. The average molecular weight is 311 g/mol. The molecule has 2 N–H and O–H groups in total. The molecule has 0 radical (unpaired) electrons. The van der Waals surface area contributed by atoms with Crippen LogP contribution >= 0.6 is 0 Å². The summed E-state index contributed by atoms with van der Waals surface area (Å²) in [5.74, 6) is -0.297. The van der Waals surface area contributed by atoms with Crippen LogP contribution in [0.15, 0.2) is 24.3 Å². The Morgan fingerprint density at radius 3 is 2.86 bits per heavy atom. The summed E-state index contributed by atoms with van der Waals surface area (Å²) in [6.45, 7) is 1.97. The molecule has 0 fully saturated rings. The Morgan fingerprint density at radius 2 is 2.14 bits per heavy atom. The molecule has 7 nitrogen and oxygen atoms in total. The number of rotatable bonds is 7. The number of esters is 1. The molecule has 2 rings (SSSR count). The van der Waals surface area contributed by atoms with Gasteiger partial charge in [-0.2, -0.15) is 0 Å². The van der Waals surface area contributed by atoms with E-state index in [9.17, 15) is 13.2 Å². The van der Waals surface area contributed by atoms with Gasteiger partial charge in [0.1, 0.15) is 5.82 Å². The summed E-state index contributed by atoms with van der Waals surface area (Å²) < 4.78 is 30.6. The van der Waals surface area contributed by atoms with Crippen LogP contribution < -0.4 is 4.72 Å². The number of fused-ring (bicyclic) bond motifs is 1. The predicted molar refractivity (Wildman–Crippen MR) is 78.0 cm³/mol. The fourth-order valence-corrected chi connectivity index (χ4v) is 2.73. The van der Waals surface area contributed by atoms with Gasteiger partial charge in [0.2, 0.25) is 10.0 Å². The third-order valence-corrected chi connectivity index (χ3v) is 4.10. The topological polar surface area (TPSA) is 101 Å². The van der Waals surface area contributed by atoms with Gasteiger partial charge in [-0.05, 0) is 19.1 Å². The molecule has 0 aliphatic rings. The number of carbonyl (C=O) groups is 1. The van der Waals surface area contributed by atoms with Crippen molar-refractivity contribution in [2.24, 2.45) is 0 Å². The van der Waals surface area contributed by atoms with Crippen molar-refractivity contribution in [3.63, 3.8) is 0 Å². The number of nitrogens with one attached hydrogen (secondary N) is 2. The highest BCUT2D eigenvalue weighted by Gasteiger charge is 2.14. The van der Waals surface area contributed by atoms with E-state index in [1.54, 1.807) is 6.92 Å². The van der Waals surface area contributed by atoms with E-state index >= 15 is 0 Å². The summed E-state index contributed by atoms with van der Waals surface area (Å²) in [5, 5.41) is 0. The lowest BCUT2D eigenvalue weighted by atomic mass is 10.3. The molecule has 0 amide bonds. The standard InChI is InChI=1S/C13H17N3O4S/c1-2-20-13(17)7-8-21(18,19)14-9-12-15-10-5-3-4-6-11(10)16-12/h3-6,14H,2,7-9H2,1H3,(H,15,16). The van der Waals surface area contributed by atoms with E-state index in [2.05, 4.69) is 14.7 Å². The third-order valence-electron chi connectivity index (χ3n) is 2.78. The number of sulfonamides is 1. The fraction of sp³-hybridized carbons (Fsp3) is 0.385. The molecule has 0 bridgehead atoms. The first-order chi connectivity index (χ1) is 10.00. The molecule has 8 heteroatoms. The molecular weight excluding hydrogens is 294 g/mol. The SMILES string of the molecule is CCOC(=O)CCS(=O)(=O)NCc1nc2ccccc2[nH]1. The number of aromatic nitrogens is 2. The van der Waals surface area contributed by atoms with Gasteiger partial charge in [0.25, 0.3) is 0 Å². The second-order valence-electron chi connectivity index (χ2n) is 4.40. The average Bonchev–Trinajstić information content (AvgIpc) is 2.87. The van der Waals surface area contributed by atoms with Crippen LogP contribution in [0.1, 0.15) is 19.2 Å². The number of para-hydroxylation sites is 2. The van der Waals surface area contributed by atoms with Gasteiger partial charge < -0.3 is 9.72 Å². The summed E-state index contributed by atoms with van der Waals surface area (Å²) in [5.41, 5.74) is 1.62. The highest BCUT2D eigenvalue weighted by molar-refractivity contribution is 7.89. The van der Waals surface area contributed by atoms with Crippen LogP contribution in [0.25, 0.3) is 11.0 Å². The van der Waals surface area contributed by atoms with Crippen molar-refractivity contribution >= 4 is 27.0 Å². The number of imidazole rings is 1. The normalized spacial score (nSPS) is 11.7. The summed E-state index contributed by atoms with van der Waals surface area (Å²) in [4.78, 5) is 18.4. The second-order valence-corrected chi connectivity index (χ2v) is 6.32. The van der Waals surface area contributed by atoms with Crippen molar-refractivity contribution < 1.29 is 17.9 Å². The number of H-pyrrole nitrogens is 1. The zero-order chi connectivity index (χ0) is 15.3. The quantitative estimate of drug-likeness (QED) is 0.741. The molecule has 114 valence electrons. The minimum Gasteiger partial charge on any atom is -0.466 e. The molecule has 0 aliphatic carbocycles. The largest absolute Gasteiger partial charge is 0.466 e. The highest BCUT2D eigenvalue weighted by Crippen LogP contribution is 2.10. The number of nitrogens with zero attached hydrogens (tertiary/aromatic N) is 1. The van der Waals surface area contributed by atoms with Crippen molar-refractivity contribution in [3.8, 4) is 0 Å². The van der Waals surface area contributed by atoms with Crippen molar-refractivity contribution in [2.75, 3.05) is 12.4 Å². The van der Waals surface area contributed by atoms with Crippen LogP contribution in [-0.2, 0) is 26.1 Å². The molecule has 0 unspecified atom stereocenters. The Morgan fingerprint density at radius 1 is 1.38 bits per heavy atom. The van der Waals surface area contributed by atoms with Gasteiger partial charge in [-0.15, -0.1) is 0 Å². The molecule has 0 aliphatic heterocycles. The zero-order valence-corrected chi connectivity index (χ0v) is 12.4. The van der Waals surface area contributed by atoms with Gasteiger partial charge in [-0.25, -0.2) is 18.1 Å². The van der Waals surface area contributed by atoms with Crippen LogP contribution in [-0.4, -0.2) is 36.7 Å². The first kappa shape index (κ1) is 15.5. The van der Waals surface area contributed by atoms with Gasteiger partial charge in [-0.3, -0.25) is 4.79 Å². The lowest BCUT2D eigenvalue weighted by molar-refractivity contribution is -0.142. The van der Waals surface area contributed by atoms with E-state index in [4.69, 9.17) is 4.74 Å². The molecule has 2 aromatic rings. The highest BCUT2D eigenvalue weighted by atomic mass is 32.2. The maximum absolute atomic E-state index is 11.8. The van der Waals surface area contributed by atoms with Crippen molar-refractivity contribution in [1.82, 2.24) is 14.7 Å². The van der Waals surface area contributed by atoms with Gasteiger partial charge in [0.05, 0.1) is 36.4 Å². The van der Waals surface area contributed by atoms with E-state index in [-0.39, 0.29) is 25.3 Å². The summed E-state index contributed by atoms with van der Waals surface area (Å²) in [6.07, 6.45) is -0.163. The van der Waals surface area contributed by atoms with Crippen LogP contribution in [0.4, 0.5) is 0 Å². The second kappa shape index (κ2) is 6.68. The minimum atomic E-state index is -3.54.